The van der Waals surface area contributed by atoms with Gasteiger partial charge in [0.1, 0.15) is 0 Å². The zero-order chi connectivity index (χ0) is 52.2. The minimum atomic E-state index is -0.665. The summed E-state index contributed by atoms with van der Waals surface area (Å²) in [6.07, 6.45) is 74.1. The van der Waals surface area contributed by atoms with Gasteiger partial charge in [0.05, 0.1) is 25.4 Å². The minimum Gasteiger partial charge on any atom is -0.466 e. The highest BCUT2D eigenvalue weighted by atomic mass is 16.5. The van der Waals surface area contributed by atoms with E-state index in [1.165, 1.54) is 315 Å². The van der Waals surface area contributed by atoms with Crippen LogP contribution < -0.4 is 5.32 Å². The molecule has 0 aliphatic carbocycles. The standard InChI is InChI=1S/C66H131NO5/c1-3-5-7-9-11-13-15-17-19-20-21-24-27-31-34-38-42-46-50-54-58-64(69)63(62-68)67-65(70)59-55-51-47-43-39-35-32-28-25-22-23-26-29-33-37-41-45-49-53-57-61-72-66(71)60-56-52-48-44-40-36-30-18-16-14-12-10-8-6-4-2/h63-64,68-69H,3-62H2,1-2H3,(H,67,70). The van der Waals surface area contributed by atoms with Crippen LogP contribution in [0.3, 0.4) is 0 Å². The first-order valence-electron chi connectivity index (χ1n) is 33.3. The van der Waals surface area contributed by atoms with E-state index < -0.39 is 12.1 Å². The molecular weight excluding hydrogens is 887 g/mol. The molecule has 6 heteroatoms. The van der Waals surface area contributed by atoms with Crippen LogP contribution in [0.5, 0.6) is 0 Å². The Morgan fingerprint density at radius 2 is 0.569 bits per heavy atom. The number of carbonyl (C=O) groups excluding carboxylic acids is 2. The molecule has 2 atom stereocenters. The Labute approximate surface area is 451 Å². The lowest BCUT2D eigenvalue weighted by Gasteiger charge is -2.22. The maximum atomic E-state index is 12.5. The number of hydrogen-bond donors (Lipinski definition) is 3. The maximum absolute atomic E-state index is 12.5. The Morgan fingerprint density at radius 1 is 0.333 bits per heavy atom. The summed E-state index contributed by atoms with van der Waals surface area (Å²) in [6, 6.07) is -0.542. The van der Waals surface area contributed by atoms with Crippen LogP contribution >= 0.6 is 0 Å². The Hall–Kier alpha value is -1.14. The predicted octanol–water partition coefficient (Wildman–Crippen LogP) is 21.0. The van der Waals surface area contributed by atoms with Gasteiger partial charge in [-0.15, -0.1) is 0 Å². The fourth-order valence-electron chi connectivity index (χ4n) is 10.8. The molecule has 2 unspecified atom stereocenters. The lowest BCUT2D eigenvalue weighted by molar-refractivity contribution is -0.143. The zero-order valence-electron chi connectivity index (χ0n) is 49.2. The molecular formula is C66H131NO5. The van der Waals surface area contributed by atoms with E-state index in [4.69, 9.17) is 4.74 Å². The molecule has 0 fully saturated rings. The Balaban J connectivity index is 3.37. The number of amides is 1. The third kappa shape index (κ3) is 58.1. The average molecular weight is 1020 g/mol. The van der Waals surface area contributed by atoms with Crippen LogP contribution in [0.2, 0.25) is 0 Å². The lowest BCUT2D eigenvalue weighted by atomic mass is 10.0. The fraction of sp³-hybridized carbons (Fsp3) is 0.970. The van der Waals surface area contributed by atoms with Crippen molar-refractivity contribution in [3.63, 3.8) is 0 Å². The van der Waals surface area contributed by atoms with Gasteiger partial charge in [-0.2, -0.15) is 0 Å². The van der Waals surface area contributed by atoms with E-state index in [2.05, 4.69) is 19.2 Å². The van der Waals surface area contributed by atoms with E-state index in [9.17, 15) is 19.8 Å². The molecule has 0 rings (SSSR count). The first-order chi connectivity index (χ1) is 35.5. The van der Waals surface area contributed by atoms with Crippen molar-refractivity contribution in [1.29, 1.82) is 0 Å². The van der Waals surface area contributed by atoms with Crippen LogP contribution in [-0.2, 0) is 14.3 Å². The molecule has 0 saturated heterocycles. The van der Waals surface area contributed by atoms with Crippen LogP contribution in [0.4, 0.5) is 0 Å². The second-order valence-electron chi connectivity index (χ2n) is 23.2. The van der Waals surface area contributed by atoms with Crippen molar-refractivity contribution in [3.8, 4) is 0 Å². The molecule has 0 aromatic rings. The van der Waals surface area contributed by atoms with Gasteiger partial charge >= 0.3 is 5.97 Å². The third-order valence-corrected chi connectivity index (χ3v) is 15.9. The van der Waals surface area contributed by atoms with Gasteiger partial charge in [-0.25, -0.2) is 0 Å². The summed E-state index contributed by atoms with van der Waals surface area (Å²) >= 11 is 0. The average Bonchev–Trinajstić information content (AvgIpc) is 3.38. The maximum Gasteiger partial charge on any atom is 0.305 e. The summed E-state index contributed by atoms with van der Waals surface area (Å²) < 4.78 is 5.49. The highest BCUT2D eigenvalue weighted by Crippen LogP contribution is 2.19. The van der Waals surface area contributed by atoms with Crippen molar-refractivity contribution in [2.75, 3.05) is 13.2 Å². The van der Waals surface area contributed by atoms with Gasteiger partial charge in [-0.1, -0.05) is 348 Å². The highest BCUT2D eigenvalue weighted by molar-refractivity contribution is 5.76. The van der Waals surface area contributed by atoms with Crippen LogP contribution in [0.15, 0.2) is 0 Å². The largest absolute Gasteiger partial charge is 0.466 e. The van der Waals surface area contributed by atoms with Crippen LogP contribution in [0.1, 0.15) is 386 Å². The van der Waals surface area contributed by atoms with E-state index in [-0.39, 0.29) is 18.5 Å². The summed E-state index contributed by atoms with van der Waals surface area (Å²) in [5, 5.41) is 23.4. The van der Waals surface area contributed by atoms with Crippen molar-refractivity contribution in [2.45, 2.75) is 398 Å². The van der Waals surface area contributed by atoms with Gasteiger partial charge in [0, 0.05) is 12.8 Å². The van der Waals surface area contributed by atoms with Crippen LogP contribution in [0, 0.1) is 0 Å². The topological polar surface area (TPSA) is 95.9 Å². The van der Waals surface area contributed by atoms with E-state index >= 15 is 0 Å². The third-order valence-electron chi connectivity index (χ3n) is 15.9. The summed E-state index contributed by atoms with van der Waals surface area (Å²) in [5.41, 5.74) is 0. The van der Waals surface area contributed by atoms with E-state index in [0.29, 0.717) is 25.9 Å². The van der Waals surface area contributed by atoms with Crippen molar-refractivity contribution >= 4 is 11.9 Å². The number of aliphatic hydroxyl groups is 2. The number of esters is 1. The Kier molecular flexibility index (Phi) is 61.4. The highest BCUT2D eigenvalue weighted by Gasteiger charge is 2.20. The summed E-state index contributed by atoms with van der Waals surface area (Å²) in [5.74, 6) is -0.0169. The van der Waals surface area contributed by atoms with Gasteiger partial charge in [-0.3, -0.25) is 9.59 Å². The molecule has 430 valence electrons. The molecule has 6 nitrogen and oxygen atoms in total. The summed E-state index contributed by atoms with van der Waals surface area (Å²) in [4.78, 5) is 24.6. The van der Waals surface area contributed by atoms with Crippen LogP contribution in [0.25, 0.3) is 0 Å². The van der Waals surface area contributed by atoms with Crippen molar-refractivity contribution in [1.82, 2.24) is 5.32 Å². The monoisotopic (exact) mass is 1020 g/mol. The molecule has 0 aromatic heterocycles. The minimum absolute atomic E-state index is 0.0150. The molecule has 0 aliphatic rings. The molecule has 0 heterocycles. The predicted molar refractivity (Wildman–Crippen MR) is 315 cm³/mol. The molecule has 0 saturated carbocycles. The molecule has 1 amide bonds. The SMILES string of the molecule is CCCCCCCCCCCCCCCCCCCCCCC(O)C(CO)NC(=O)CCCCCCCCCCCCCCCCCCCCCCOC(=O)CCCCCCCCCCCCCCCCC. The first kappa shape index (κ1) is 70.9. The second-order valence-corrected chi connectivity index (χ2v) is 23.2. The zero-order valence-corrected chi connectivity index (χ0v) is 49.2. The smallest absolute Gasteiger partial charge is 0.305 e. The number of carbonyl (C=O) groups is 2. The van der Waals surface area contributed by atoms with Gasteiger partial charge < -0.3 is 20.3 Å². The summed E-state index contributed by atoms with van der Waals surface area (Å²) in [7, 11) is 0. The molecule has 72 heavy (non-hydrogen) atoms. The number of rotatable bonds is 63. The van der Waals surface area contributed by atoms with Crippen molar-refractivity contribution in [3.05, 3.63) is 0 Å². The van der Waals surface area contributed by atoms with E-state index in [1.807, 2.05) is 0 Å². The fourth-order valence-corrected chi connectivity index (χ4v) is 10.8. The van der Waals surface area contributed by atoms with E-state index in [1.54, 1.807) is 0 Å². The molecule has 0 aliphatic heterocycles. The van der Waals surface area contributed by atoms with Crippen LogP contribution in [-0.4, -0.2) is 47.4 Å². The number of aliphatic hydroxyl groups excluding tert-OH is 2. The van der Waals surface area contributed by atoms with Crippen molar-refractivity contribution in [2.24, 2.45) is 0 Å². The van der Waals surface area contributed by atoms with E-state index in [0.717, 1.165) is 38.5 Å². The molecule has 3 N–H and O–H groups in total. The van der Waals surface area contributed by atoms with Crippen molar-refractivity contribution < 1.29 is 24.5 Å². The summed E-state index contributed by atoms with van der Waals surface area (Å²) in [6.45, 7) is 4.99. The number of hydrogen-bond acceptors (Lipinski definition) is 5. The van der Waals surface area contributed by atoms with Gasteiger partial charge in [0.2, 0.25) is 5.91 Å². The molecule has 0 aromatic carbocycles. The normalized spacial score (nSPS) is 12.4. The lowest BCUT2D eigenvalue weighted by Crippen LogP contribution is -2.45. The second kappa shape index (κ2) is 62.4. The van der Waals surface area contributed by atoms with Gasteiger partial charge in [0.15, 0.2) is 0 Å². The first-order valence-corrected chi connectivity index (χ1v) is 33.3. The molecule has 0 bridgehead atoms. The molecule has 0 spiro atoms. The Morgan fingerprint density at radius 3 is 0.847 bits per heavy atom. The number of nitrogens with one attached hydrogen (secondary N) is 1. The number of ether oxygens (including phenoxy) is 1. The van der Waals surface area contributed by atoms with Gasteiger partial charge in [-0.05, 0) is 25.7 Å². The Bertz CT molecular complexity index is 1040. The quantitative estimate of drug-likeness (QED) is 0.0417. The number of unbranched alkanes of at least 4 members (excludes halogenated alkanes) is 52. The molecule has 0 radical (unpaired) electrons. The van der Waals surface area contributed by atoms with Gasteiger partial charge in [0.25, 0.3) is 0 Å².